The number of hydrogen-bond donors (Lipinski definition) is 1. The second kappa shape index (κ2) is 4.15. The summed E-state index contributed by atoms with van der Waals surface area (Å²) in [6, 6.07) is 6.43. The van der Waals surface area contributed by atoms with E-state index in [9.17, 15) is 4.79 Å². The predicted octanol–water partition coefficient (Wildman–Crippen LogP) is 2.36. The molecular weight excluding hydrogens is 258 g/mol. The van der Waals surface area contributed by atoms with Gasteiger partial charge in [0.1, 0.15) is 17.2 Å². The van der Waals surface area contributed by atoms with Gasteiger partial charge in [-0.15, -0.1) is 0 Å². The Balaban J connectivity index is 1.97. The van der Waals surface area contributed by atoms with E-state index in [1.807, 2.05) is 0 Å². The van der Waals surface area contributed by atoms with Gasteiger partial charge in [0.2, 0.25) is 5.88 Å². The average molecular weight is 264 g/mol. The van der Waals surface area contributed by atoms with Crippen LogP contribution in [0.4, 0.5) is 0 Å². The van der Waals surface area contributed by atoms with Gasteiger partial charge in [-0.2, -0.15) is 0 Å². The first-order valence-electron chi connectivity index (χ1n) is 4.99. The van der Waals surface area contributed by atoms with Crippen LogP contribution in [-0.2, 0) is 0 Å². The third-order valence-corrected chi connectivity index (χ3v) is 2.43. The molecular formula is C11H6ClN3O3. The number of nitrogens with zero attached hydrogens (tertiary/aromatic N) is 2. The lowest BCUT2D eigenvalue weighted by Crippen LogP contribution is -1.92. The number of nitrogens with one attached hydrogen (secondary N) is 1. The summed E-state index contributed by atoms with van der Waals surface area (Å²) in [7, 11) is 0. The lowest BCUT2D eigenvalue weighted by molar-refractivity contribution is 0.460. The Kier molecular flexibility index (Phi) is 2.49. The normalized spacial score (nSPS) is 10.7. The number of hydrogen-bond acceptors (Lipinski definition) is 5. The average Bonchev–Trinajstić information content (AvgIpc) is 2.68. The summed E-state index contributed by atoms with van der Waals surface area (Å²) < 4.78 is 10.4. The van der Waals surface area contributed by atoms with Crippen molar-refractivity contribution in [2.45, 2.75) is 0 Å². The first-order valence-corrected chi connectivity index (χ1v) is 5.37. The minimum absolute atomic E-state index is 0.286. The standard InChI is InChI=1S/C11H6ClN3O3/c12-9-4-10(14-5-13-9)17-6-1-2-7-8(3-6)18-11(16)15-7/h1-5H,(H,15,16). The molecule has 0 spiro atoms. The van der Waals surface area contributed by atoms with Gasteiger partial charge in [0, 0.05) is 12.1 Å². The van der Waals surface area contributed by atoms with E-state index >= 15 is 0 Å². The van der Waals surface area contributed by atoms with Crippen molar-refractivity contribution < 1.29 is 9.15 Å². The summed E-state index contributed by atoms with van der Waals surface area (Å²) in [6.45, 7) is 0. The van der Waals surface area contributed by atoms with E-state index in [0.717, 1.165) is 0 Å². The monoisotopic (exact) mass is 263 g/mol. The highest BCUT2D eigenvalue weighted by Gasteiger charge is 2.05. The zero-order valence-corrected chi connectivity index (χ0v) is 9.64. The summed E-state index contributed by atoms with van der Waals surface area (Å²) in [5.74, 6) is 0.291. The molecule has 2 aromatic heterocycles. The van der Waals surface area contributed by atoms with Crippen LogP contribution in [0.3, 0.4) is 0 Å². The maximum absolute atomic E-state index is 11.0. The molecule has 0 amide bonds. The van der Waals surface area contributed by atoms with Crippen molar-refractivity contribution in [2.24, 2.45) is 0 Å². The maximum Gasteiger partial charge on any atom is 0.417 e. The number of oxazole rings is 1. The van der Waals surface area contributed by atoms with Crippen molar-refractivity contribution in [3.63, 3.8) is 0 Å². The molecule has 0 aliphatic carbocycles. The fraction of sp³-hybridized carbons (Fsp3) is 0. The van der Waals surface area contributed by atoms with Crippen LogP contribution in [0, 0.1) is 0 Å². The van der Waals surface area contributed by atoms with Crippen molar-refractivity contribution >= 4 is 22.7 Å². The molecule has 2 heterocycles. The van der Waals surface area contributed by atoms with E-state index in [2.05, 4.69) is 15.0 Å². The molecule has 7 heteroatoms. The zero-order valence-electron chi connectivity index (χ0n) is 8.88. The van der Waals surface area contributed by atoms with Gasteiger partial charge in [-0.1, -0.05) is 11.6 Å². The van der Waals surface area contributed by atoms with E-state index in [1.165, 1.54) is 12.4 Å². The molecule has 0 saturated heterocycles. The largest absolute Gasteiger partial charge is 0.439 e. The molecule has 3 rings (SSSR count). The lowest BCUT2D eigenvalue weighted by atomic mass is 10.3. The SMILES string of the molecule is O=c1[nH]c2ccc(Oc3cc(Cl)ncn3)cc2o1. The van der Waals surface area contributed by atoms with Crippen LogP contribution in [0.5, 0.6) is 11.6 Å². The number of aromatic amines is 1. The maximum atomic E-state index is 11.0. The van der Waals surface area contributed by atoms with Crippen molar-refractivity contribution in [3.05, 3.63) is 46.3 Å². The number of benzene rings is 1. The molecule has 0 unspecified atom stereocenters. The summed E-state index contributed by atoms with van der Waals surface area (Å²) in [4.78, 5) is 21.2. The van der Waals surface area contributed by atoms with Crippen LogP contribution in [0.25, 0.3) is 11.1 Å². The van der Waals surface area contributed by atoms with Crippen molar-refractivity contribution in [1.29, 1.82) is 0 Å². The third kappa shape index (κ3) is 2.05. The molecule has 1 N–H and O–H groups in total. The molecule has 6 nitrogen and oxygen atoms in total. The minimum Gasteiger partial charge on any atom is -0.439 e. The Morgan fingerprint density at radius 2 is 2.17 bits per heavy atom. The van der Waals surface area contributed by atoms with Crippen molar-refractivity contribution in [1.82, 2.24) is 15.0 Å². The van der Waals surface area contributed by atoms with Crippen LogP contribution in [0.2, 0.25) is 5.15 Å². The van der Waals surface area contributed by atoms with Gasteiger partial charge in [0.05, 0.1) is 5.52 Å². The first kappa shape index (κ1) is 10.8. The summed E-state index contributed by atoms with van der Waals surface area (Å²) in [5.41, 5.74) is 1.02. The van der Waals surface area contributed by atoms with Gasteiger partial charge in [0.15, 0.2) is 5.58 Å². The molecule has 0 bridgehead atoms. The van der Waals surface area contributed by atoms with E-state index in [1.54, 1.807) is 18.2 Å². The summed E-state index contributed by atoms with van der Waals surface area (Å²) in [5, 5.41) is 0.286. The molecule has 0 saturated carbocycles. The van der Waals surface area contributed by atoms with Crippen LogP contribution in [-0.4, -0.2) is 15.0 Å². The van der Waals surface area contributed by atoms with Crippen LogP contribution < -0.4 is 10.5 Å². The van der Waals surface area contributed by atoms with E-state index in [-0.39, 0.29) is 5.15 Å². The Morgan fingerprint density at radius 3 is 3.00 bits per heavy atom. The minimum atomic E-state index is -0.507. The van der Waals surface area contributed by atoms with E-state index in [4.69, 9.17) is 20.8 Å². The molecule has 1 aromatic carbocycles. The molecule has 0 aliphatic rings. The fourth-order valence-corrected chi connectivity index (χ4v) is 1.62. The van der Waals surface area contributed by atoms with Crippen molar-refractivity contribution in [2.75, 3.05) is 0 Å². The molecule has 18 heavy (non-hydrogen) atoms. The van der Waals surface area contributed by atoms with Crippen LogP contribution >= 0.6 is 11.6 Å². The Morgan fingerprint density at radius 1 is 1.28 bits per heavy atom. The smallest absolute Gasteiger partial charge is 0.417 e. The Bertz CT molecular complexity index is 765. The summed E-state index contributed by atoms with van der Waals surface area (Å²) in [6.07, 6.45) is 1.30. The van der Waals surface area contributed by atoms with Gasteiger partial charge in [-0.25, -0.2) is 14.8 Å². The van der Waals surface area contributed by atoms with E-state index in [0.29, 0.717) is 22.7 Å². The van der Waals surface area contributed by atoms with Crippen LogP contribution in [0.1, 0.15) is 0 Å². The lowest BCUT2D eigenvalue weighted by Gasteiger charge is -2.03. The molecule has 0 fully saturated rings. The fourth-order valence-electron chi connectivity index (χ4n) is 1.48. The molecule has 90 valence electrons. The third-order valence-electron chi connectivity index (χ3n) is 2.22. The number of fused-ring (bicyclic) bond motifs is 1. The van der Waals surface area contributed by atoms with Gasteiger partial charge < -0.3 is 9.15 Å². The topological polar surface area (TPSA) is 81.0 Å². The number of halogens is 1. The predicted molar refractivity (Wildman–Crippen MR) is 64.0 cm³/mol. The number of ether oxygens (including phenoxy) is 1. The van der Waals surface area contributed by atoms with Crippen LogP contribution in [0.15, 0.2) is 39.8 Å². The number of H-pyrrole nitrogens is 1. The molecule has 3 aromatic rings. The summed E-state index contributed by atoms with van der Waals surface area (Å²) >= 11 is 5.71. The first-order chi connectivity index (χ1) is 8.70. The highest BCUT2D eigenvalue weighted by molar-refractivity contribution is 6.29. The highest BCUT2D eigenvalue weighted by Crippen LogP contribution is 2.23. The number of aromatic nitrogens is 3. The molecule has 0 radical (unpaired) electrons. The number of rotatable bonds is 2. The Labute approximate surface area is 105 Å². The van der Waals surface area contributed by atoms with Gasteiger partial charge in [-0.3, -0.25) is 4.98 Å². The Hall–Kier alpha value is -2.34. The van der Waals surface area contributed by atoms with Crippen molar-refractivity contribution in [3.8, 4) is 11.6 Å². The quantitative estimate of drug-likeness (QED) is 0.718. The molecule has 0 atom stereocenters. The zero-order chi connectivity index (χ0) is 12.5. The second-order valence-electron chi connectivity index (χ2n) is 3.45. The van der Waals surface area contributed by atoms with E-state index < -0.39 is 5.76 Å². The second-order valence-corrected chi connectivity index (χ2v) is 3.84. The van der Waals surface area contributed by atoms with Gasteiger partial charge in [0.25, 0.3) is 0 Å². The van der Waals surface area contributed by atoms with Gasteiger partial charge in [-0.05, 0) is 12.1 Å². The van der Waals surface area contributed by atoms with Gasteiger partial charge >= 0.3 is 5.76 Å². The highest BCUT2D eigenvalue weighted by atomic mass is 35.5. The molecule has 0 aliphatic heterocycles.